The van der Waals surface area contributed by atoms with E-state index in [1.807, 2.05) is 13.8 Å². The van der Waals surface area contributed by atoms with Crippen molar-refractivity contribution in [2.24, 2.45) is 0 Å². The third-order valence-corrected chi connectivity index (χ3v) is 3.49. The molecule has 0 aliphatic rings. The van der Waals surface area contributed by atoms with Crippen LogP contribution in [0.2, 0.25) is 0 Å². The van der Waals surface area contributed by atoms with Gasteiger partial charge in [0.1, 0.15) is 23.0 Å². The van der Waals surface area contributed by atoms with Crippen molar-refractivity contribution in [2.75, 3.05) is 13.2 Å². The Morgan fingerprint density at radius 1 is 0.731 bits per heavy atom. The fourth-order valence-electron chi connectivity index (χ4n) is 2.27. The van der Waals surface area contributed by atoms with Gasteiger partial charge in [-0.25, -0.2) is 9.59 Å². The maximum absolute atomic E-state index is 12.0. The van der Waals surface area contributed by atoms with E-state index >= 15 is 0 Å². The van der Waals surface area contributed by atoms with Crippen molar-refractivity contribution in [3.05, 3.63) is 47.5 Å². The maximum atomic E-state index is 12.0. The molecule has 0 amide bonds. The molecule has 26 heavy (non-hydrogen) atoms. The molecule has 6 heteroatoms. The minimum Gasteiger partial charge on any atom is -0.494 e. The largest absolute Gasteiger partial charge is 0.494 e. The van der Waals surface area contributed by atoms with E-state index in [2.05, 4.69) is 0 Å². The summed E-state index contributed by atoms with van der Waals surface area (Å²) in [4.78, 5) is 24.0. The van der Waals surface area contributed by atoms with Gasteiger partial charge in [-0.15, -0.1) is 0 Å². The van der Waals surface area contributed by atoms with E-state index in [4.69, 9.17) is 18.9 Å². The number of hydrogen-bond acceptors (Lipinski definition) is 6. The fourth-order valence-corrected chi connectivity index (χ4v) is 2.27. The molecule has 0 heterocycles. The lowest BCUT2D eigenvalue weighted by Crippen LogP contribution is -2.26. The van der Waals surface area contributed by atoms with Crippen LogP contribution < -0.4 is 18.9 Å². The average molecular weight is 358 g/mol. The van der Waals surface area contributed by atoms with Crippen LogP contribution in [0.1, 0.15) is 25.0 Å². The van der Waals surface area contributed by atoms with Crippen molar-refractivity contribution in [3.63, 3.8) is 0 Å². The first kappa shape index (κ1) is 19.3. The second-order valence-corrected chi connectivity index (χ2v) is 5.50. The monoisotopic (exact) mass is 358 g/mol. The van der Waals surface area contributed by atoms with Crippen molar-refractivity contribution in [1.82, 2.24) is 0 Å². The zero-order chi connectivity index (χ0) is 19.1. The molecule has 0 atom stereocenters. The van der Waals surface area contributed by atoms with Crippen LogP contribution in [0.25, 0.3) is 0 Å². The van der Waals surface area contributed by atoms with Crippen molar-refractivity contribution in [2.45, 2.75) is 27.7 Å². The molecular weight excluding hydrogens is 336 g/mol. The Labute approximate surface area is 152 Å². The highest BCUT2D eigenvalue weighted by molar-refractivity contribution is 6.31. The topological polar surface area (TPSA) is 71.1 Å². The summed E-state index contributed by atoms with van der Waals surface area (Å²) in [6.07, 6.45) is 0. The molecule has 0 aliphatic heterocycles. The van der Waals surface area contributed by atoms with E-state index in [1.54, 1.807) is 50.2 Å². The molecule has 0 unspecified atom stereocenters. The standard InChI is InChI=1S/C20H22O6/c1-5-23-15-7-9-17(13(3)11-15)25-19(21)20(22)26-18-10-8-16(24-6-2)12-14(18)4/h7-12H,5-6H2,1-4H3. The van der Waals surface area contributed by atoms with Gasteiger partial charge in [-0.2, -0.15) is 0 Å². The van der Waals surface area contributed by atoms with Gasteiger partial charge in [-0.05, 0) is 75.2 Å². The molecule has 0 spiro atoms. The van der Waals surface area contributed by atoms with E-state index in [9.17, 15) is 9.59 Å². The normalized spacial score (nSPS) is 10.2. The van der Waals surface area contributed by atoms with Crippen LogP contribution in [0.15, 0.2) is 36.4 Å². The van der Waals surface area contributed by atoms with Crippen LogP contribution in [0.5, 0.6) is 23.0 Å². The van der Waals surface area contributed by atoms with Crippen molar-refractivity contribution >= 4 is 11.9 Å². The maximum Gasteiger partial charge on any atom is 0.423 e. The Bertz CT molecular complexity index is 729. The summed E-state index contributed by atoms with van der Waals surface area (Å²) in [6, 6.07) is 9.95. The van der Waals surface area contributed by atoms with Gasteiger partial charge in [0.05, 0.1) is 13.2 Å². The number of aryl methyl sites for hydroxylation is 2. The van der Waals surface area contributed by atoms with E-state index in [1.165, 1.54) is 0 Å². The summed E-state index contributed by atoms with van der Waals surface area (Å²) in [5, 5.41) is 0. The Morgan fingerprint density at radius 2 is 1.12 bits per heavy atom. The second kappa shape index (κ2) is 8.89. The van der Waals surface area contributed by atoms with Gasteiger partial charge in [0.15, 0.2) is 0 Å². The molecule has 0 saturated heterocycles. The lowest BCUT2D eigenvalue weighted by atomic mass is 10.2. The zero-order valence-electron chi connectivity index (χ0n) is 15.3. The second-order valence-electron chi connectivity index (χ2n) is 5.50. The fraction of sp³-hybridized carbons (Fsp3) is 0.300. The summed E-state index contributed by atoms with van der Waals surface area (Å²) < 4.78 is 21.0. The zero-order valence-corrected chi connectivity index (χ0v) is 15.3. The Morgan fingerprint density at radius 3 is 1.42 bits per heavy atom. The SMILES string of the molecule is CCOc1ccc(OC(=O)C(=O)Oc2ccc(OCC)cc2C)c(C)c1. The van der Waals surface area contributed by atoms with Gasteiger partial charge in [0.25, 0.3) is 0 Å². The van der Waals surface area contributed by atoms with Crippen LogP contribution in [-0.2, 0) is 9.59 Å². The highest BCUT2D eigenvalue weighted by Crippen LogP contribution is 2.25. The molecule has 0 fully saturated rings. The van der Waals surface area contributed by atoms with Crippen LogP contribution in [0.4, 0.5) is 0 Å². The lowest BCUT2D eigenvalue weighted by molar-refractivity contribution is -0.156. The summed E-state index contributed by atoms with van der Waals surface area (Å²) in [5.74, 6) is -0.302. The number of carbonyl (C=O) groups is 2. The van der Waals surface area contributed by atoms with Gasteiger partial charge in [0.2, 0.25) is 0 Å². The molecule has 2 rings (SSSR count). The van der Waals surface area contributed by atoms with Crippen LogP contribution >= 0.6 is 0 Å². The number of benzene rings is 2. The number of esters is 2. The molecule has 6 nitrogen and oxygen atoms in total. The van der Waals surface area contributed by atoms with Crippen LogP contribution in [0.3, 0.4) is 0 Å². The van der Waals surface area contributed by atoms with Crippen LogP contribution in [0, 0.1) is 13.8 Å². The van der Waals surface area contributed by atoms with Crippen molar-refractivity contribution < 1.29 is 28.5 Å². The van der Waals surface area contributed by atoms with E-state index in [0.29, 0.717) is 35.8 Å². The van der Waals surface area contributed by atoms with Gasteiger partial charge < -0.3 is 18.9 Å². The number of rotatable bonds is 6. The summed E-state index contributed by atoms with van der Waals surface area (Å²) >= 11 is 0. The molecule has 0 bridgehead atoms. The molecule has 0 radical (unpaired) electrons. The molecule has 2 aromatic carbocycles. The highest BCUT2D eigenvalue weighted by Gasteiger charge is 2.21. The highest BCUT2D eigenvalue weighted by atomic mass is 16.6. The Kier molecular flexibility index (Phi) is 6.60. The van der Waals surface area contributed by atoms with Crippen LogP contribution in [-0.4, -0.2) is 25.2 Å². The van der Waals surface area contributed by atoms with E-state index < -0.39 is 11.9 Å². The molecule has 0 N–H and O–H groups in total. The van der Waals surface area contributed by atoms with Gasteiger partial charge in [-0.1, -0.05) is 0 Å². The molecule has 0 aromatic heterocycles. The first-order valence-electron chi connectivity index (χ1n) is 8.35. The van der Waals surface area contributed by atoms with Gasteiger partial charge in [0, 0.05) is 0 Å². The van der Waals surface area contributed by atoms with Crippen molar-refractivity contribution in [1.29, 1.82) is 0 Å². The summed E-state index contributed by atoms with van der Waals surface area (Å²) in [5.41, 5.74) is 1.35. The third-order valence-electron chi connectivity index (χ3n) is 3.49. The average Bonchev–Trinajstić information content (AvgIpc) is 2.60. The Hall–Kier alpha value is -3.02. The molecule has 0 aliphatic carbocycles. The summed E-state index contributed by atoms with van der Waals surface area (Å²) in [7, 11) is 0. The molecule has 0 saturated carbocycles. The number of hydrogen-bond donors (Lipinski definition) is 0. The predicted octanol–water partition coefficient (Wildman–Crippen LogP) is 3.61. The molecular formula is C20H22O6. The minimum atomic E-state index is -1.09. The predicted molar refractivity (Wildman–Crippen MR) is 96.0 cm³/mol. The first-order chi connectivity index (χ1) is 12.4. The third kappa shape index (κ3) is 4.99. The van der Waals surface area contributed by atoms with Gasteiger partial charge in [-0.3, -0.25) is 0 Å². The van der Waals surface area contributed by atoms with Gasteiger partial charge >= 0.3 is 11.9 Å². The minimum absolute atomic E-state index is 0.277. The number of carbonyl (C=O) groups excluding carboxylic acids is 2. The quantitative estimate of drug-likeness (QED) is 0.446. The van der Waals surface area contributed by atoms with Crippen molar-refractivity contribution in [3.8, 4) is 23.0 Å². The molecule has 2 aromatic rings. The smallest absolute Gasteiger partial charge is 0.423 e. The molecule has 138 valence electrons. The van der Waals surface area contributed by atoms with E-state index in [0.717, 1.165) is 0 Å². The lowest BCUT2D eigenvalue weighted by Gasteiger charge is -2.11. The first-order valence-corrected chi connectivity index (χ1v) is 8.35. The number of ether oxygens (including phenoxy) is 4. The Balaban J connectivity index is 2.03. The summed E-state index contributed by atoms with van der Waals surface area (Å²) in [6.45, 7) is 8.34. The van der Waals surface area contributed by atoms with E-state index in [-0.39, 0.29) is 11.5 Å².